The minimum atomic E-state index is -0.617. The van der Waals surface area contributed by atoms with Crippen LogP contribution in [0.4, 0.5) is 14.5 Å². The lowest BCUT2D eigenvalue weighted by Crippen LogP contribution is -2.29. The zero-order valence-corrected chi connectivity index (χ0v) is 15.7. The molecule has 0 fully saturated rings. The molecule has 0 spiro atoms. The molecule has 1 aromatic heterocycles. The van der Waals surface area contributed by atoms with Gasteiger partial charge in [0.2, 0.25) is 0 Å². The van der Waals surface area contributed by atoms with Crippen LogP contribution < -0.4 is 4.90 Å². The molecule has 0 unspecified atom stereocenters. The van der Waals surface area contributed by atoms with Gasteiger partial charge < -0.3 is 14.6 Å². The van der Waals surface area contributed by atoms with Crippen LogP contribution in [0.2, 0.25) is 0 Å². The van der Waals surface area contributed by atoms with Crippen LogP contribution in [0.5, 0.6) is 0 Å². The number of anilines is 1. The maximum Gasteiger partial charge on any atom is 0.126 e. The summed E-state index contributed by atoms with van der Waals surface area (Å²) >= 11 is 0. The third kappa shape index (κ3) is 2.69. The Kier molecular flexibility index (Phi) is 3.98. The Bertz CT molecular complexity index is 1080. The van der Waals surface area contributed by atoms with Crippen LogP contribution >= 0.6 is 0 Å². The first-order valence-corrected chi connectivity index (χ1v) is 8.97. The summed E-state index contributed by atoms with van der Waals surface area (Å²) < 4.78 is 30.2. The molecule has 2 aromatic carbocycles. The predicted molar refractivity (Wildman–Crippen MR) is 106 cm³/mol. The molecule has 5 heteroatoms. The van der Waals surface area contributed by atoms with Gasteiger partial charge in [-0.3, -0.25) is 0 Å². The van der Waals surface area contributed by atoms with E-state index in [0.29, 0.717) is 5.56 Å². The van der Waals surface area contributed by atoms with E-state index in [4.69, 9.17) is 0 Å². The molecular formula is C22H22F2N2O. The van der Waals surface area contributed by atoms with Crippen molar-refractivity contribution in [1.29, 1.82) is 0 Å². The lowest BCUT2D eigenvalue weighted by molar-refractivity contribution is 0.401. The average molecular weight is 368 g/mol. The number of allylic oxidation sites excluding steroid dienone is 1. The van der Waals surface area contributed by atoms with Crippen molar-refractivity contribution in [2.45, 2.75) is 26.8 Å². The fourth-order valence-electron chi connectivity index (χ4n) is 4.36. The van der Waals surface area contributed by atoms with Gasteiger partial charge in [-0.05, 0) is 54.3 Å². The van der Waals surface area contributed by atoms with E-state index in [1.54, 1.807) is 0 Å². The Morgan fingerprint density at radius 1 is 1.11 bits per heavy atom. The van der Waals surface area contributed by atoms with Crippen molar-refractivity contribution >= 4 is 16.6 Å². The maximum absolute atomic E-state index is 14.0. The Morgan fingerprint density at radius 2 is 1.78 bits per heavy atom. The monoisotopic (exact) mass is 368 g/mol. The highest BCUT2D eigenvalue weighted by Crippen LogP contribution is 2.44. The lowest BCUT2D eigenvalue weighted by atomic mass is 9.88. The number of likely N-dealkylation sites (N-methyl/N-ethyl adjacent to an activating group) is 1. The van der Waals surface area contributed by atoms with Crippen molar-refractivity contribution < 1.29 is 13.9 Å². The van der Waals surface area contributed by atoms with Crippen molar-refractivity contribution in [2.75, 3.05) is 18.5 Å². The van der Waals surface area contributed by atoms with E-state index in [1.165, 1.54) is 12.1 Å². The quantitative estimate of drug-likeness (QED) is 0.638. The molecule has 0 bridgehead atoms. The third-order valence-corrected chi connectivity index (χ3v) is 5.48. The van der Waals surface area contributed by atoms with Gasteiger partial charge in [-0.25, -0.2) is 8.78 Å². The van der Waals surface area contributed by atoms with E-state index in [9.17, 15) is 13.9 Å². The third-order valence-electron chi connectivity index (χ3n) is 5.48. The smallest absolute Gasteiger partial charge is 0.126 e. The molecular weight excluding hydrogens is 346 g/mol. The molecule has 1 aliphatic heterocycles. The van der Waals surface area contributed by atoms with Crippen LogP contribution in [-0.4, -0.2) is 23.3 Å². The van der Waals surface area contributed by atoms with E-state index < -0.39 is 11.6 Å². The summed E-state index contributed by atoms with van der Waals surface area (Å²) in [6.07, 6.45) is 0.236. The summed E-state index contributed by atoms with van der Waals surface area (Å²) in [5.41, 5.74) is 6.37. The molecule has 0 saturated heterocycles. The average Bonchev–Trinajstić information content (AvgIpc) is 2.89. The summed E-state index contributed by atoms with van der Waals surface area (Å²) in [6.45, 7) is 9.43. The second kappa shape index (κ2) is 6.12. The molecule has 140 valence electrons. The molecule has 4 rings (SSSR count). The highest BCUT2D eigenvalue weighted by Gasteiger charge is 2.27. The summed E-state index contributed by atoms with van der Waals surface area (Å²) in [5.74, 6) is -1.21. The standard InChI is InChI=1S/C22H22F2N2O/c1-12-7-19-20(15-9-16(23)11-17(24)10-15)18(8-13(2)27)14(3)21-22(19)26(12)6-5-25(21)4/h7,9-11,27H,2,5-6,8H2,1,3-4H3. The molecule has 27 heavy (non-hydrogen) atoms. The number of hydrogen-bond donors (Lipinski definition) is 1. The molecule has 2 heterocycles. The van der Waals surface area contributed by atoms with Crippen LogP contribution in [0, 0.1) is 25.5 Å². The van der Waals surface area contributed by atoms with Crippen LogP contribution in [0.1, 0.15) is 16.8 Å². The maximum atomic E-state index is 14.0. The topological polar surface area (TPSA) is 28.4 Å². The Hall–Kier alpha value is -2.82. The zero-order chi connectivity index (χ0) is 19.5. The fourth-order valence-corrected chi connectivity index (χ4v) is 4.36. The van der Waals surface area contributed by atoms with Crippen LogP contribution in [0.15, 0.2) is 36.6 Å². The van der Waals surface area contributed by atoms with Crippen molar-refractivity contribution in [3.05, 3.63) is 65.1 Å². The summed E-state index contributed by atoms with van der Waals surface area (Å²) in [5, 5.41) is 10.9. The molecule has 3 nitrogen and oxygen atoms in total. The molecule has 3 aromatic rings. The number of hydrogen-bond acceptors (Lipinski definition) is 2. The van der Waals surface area contributed by atoms with Gasteiger partial charge in [0.15, 0.2) is 0 Å². The normalized spacial score (nSPS) is 13.4. The van der Waals surface area contributed by atoms with Crippen LogP contribution in [-0.2, 0) is 13.0 Å². The number of rotatable bonds is 3. The van der Waals surface area contributed by atoms with E-state index >= 15 is 0 Å². The number of aryl methyl sites for hydroxylation is 1. The Labute approximate surface area is 157 Å². The second-order valence-corrected chi connectivity index (χ2v) is 7.35. The molecule has 0 saturated carbocycles. The first-order valence-electron chi connectivity index (χ1n) is 8.97. The van der Waals surface area contributed by atoms with Gasteiger partial charge >= 0.3 is 0 Å². The lowest BCUT2D eigenvalue weighted by Gasteiger charge is -2.31. The highest BCUT2D eigenvalue weighted by molar-refractivity contribution is 6.06. The summed E-state index contributed by atoms with van der Waals surface area (Å²) in [7, 11) is 2.05. The van der Waals surface area contributed by atoms with Gasteiger partial charge in [0.05, 0.1) is 17.0 Å². The minimum Gasteiger partial charge on any atom is -0.513 e. The van der Waals surface area contributed by atoms with Crippen LogP contribution in [0.3, 0.4) is 0 Å². The molecule has 1 aliphatic rings. The number of aliphatic hydroxyl groups excluding tert-OH is 1. The molecule has 0 atom stereocenters. The van der Waals surface area contributed by atoms with Crippen LogP contribution in [0.25, 0.3) is 22.0 Å². The SMILES string of the molecule is C=C(O)Cc1c(C)c2c3c(cc(C)n3CCN2C)c1-c1cc(F)cc(F)c1. The number of halogens is 2. The van der Waals surface area contributed by atoms with E-state index in [1.807, 2.05) is 20.9 Å². The van der Waals surface area contributed by atoms with E-state index in [2.05, 4.69) is 22.1 Å². The Balaban J connectivity index is 2.18. The largest absolute Gasteiger partial charge is 0.513 e. The summed E-state index contributed by atoms with van der Waals surface area (Å²) in [4.78, 5) is 2.21. The number of aliphatic hydroxyl groups is 1. The molecule has 1 N–H and O–H groups in total. The first-order chi connectivity index (χ1) is 12.8. The Morgan fingerprint density at radius 3 is 2.41 bits per heavy atom. The van der Waals surface area contributed by atoms with Crippen molar-refractivity contribution in [3.63, 3.8) is 0 Å². The zero-order valence-electron chi connectivity index (χ0n) is 15.7. The molecule has 0 aliphatic carbocycles. The van der Waals surface area contributed by atoms with E-state index in [-0.39, 0.29) is 12.2 Å². The van der Waals surface area contributed by atoms with Gasteiger partial charge in [-0.1, -0.05) is 6.58 Å². The van der Waals surface area contributed by atoms with Gasteiger partial charge in [-0.15, -0.1) is 0 Å². The second-order valence-electron chi connectivity index (χ2n) is 7.35. The number of benzene rings is 2. The van der Waals surface area contributed by atoms with Crippen molar-refractivity contribution in [3.8, 4) is 11.1 Å². The van der Waals surface area contributed by atoms with Crippen molar-refractivity contribution in [1.82, 2.24) is 4.57 Å². The van der Waals surface area contributed by atoms with E-state index in [0.717, 1.165) is 58.1 Å². The highest BCUT2D eigenvalue weighted by atomic mass is 19.1. The van der Waals surface area contributed by atoms with Gasteiger partial charge in [0.1, 0.15) is 11.6 Å². The number of aromatic nitrogens is 1. The molecule has 0 radical (unpaired) electrons. The minimum absolute atomic E-state index is 0.0254. The molecule has 0 amide bonds. The predicted octanol–water partition coefficient (Wildman–Crippen LogP) is 5.27. The van der Waals surface area contributed by atoms with Gasteiger partial charge in [0.25, 0.3) is 0 Å². The number of nitrogens with zero attached hydrogens (tertiary/aromatic N) is 2. The fraction of sp³-hybridized carbons (Fsp3) is 0.273. The van der Waals surface area contributed by atoms with Crippen molar-refractivity contribution in [2.24, 2.45) is 0 Å². The van der Waals surface area contributed by atoms with Gasteiger partial charge in [0, 0.05) is 43.7 Å². The summed E-state index contributed by atoms with van der Waals surface area (Å²) in [6, 6.07) is 5.64. The van der Waals surface area contributed by atoms with Gasteiger partial charge in [-0.2, -0.15) is 0 Å². The first kappa shape index (κ1) is 17.6.